The van der Waals surface area contributed by atoms with Crippen LogP contribution in [-0.2, 0) is 0 Å². The number of benzene rings is 2. The van der Waals surface area contributed by atoms with Gasteiger partial charge >= 0.3 is 29.6 Å². The minimum Gasteiger partial charge on any atom is -1.00 e. The fourth-order valence-corrected chi connectivity index (χ4v) is 2.22. The summed E-state index contributed by atoms with van der Waals surface area (Å²) in [5.74, 6) is 1.68. The second-order valence-corrected chi connectivity index (χ2v) is 5.63. The molecule has 6 N–H and O–H groups in total. The summed E-state index contributed by atoms with van der Waals surface area (Å²) >= 11 is 0. The van der Waals surface area contributed by atoms with Crippen LogP contribution in [0.3, 0.4) is 0 Å². The maximum absolute atomic E-state index is 7.34. The van der Waals surface area contributed by atoms with E-state index in [-0.39, 0.29) is 42.7 Å². The molecule has 0 heterocycles. The van der Waals surface area contributed by atoms with Crippen LogP contribution in [0.1, 0.15) is 31.8 Å². The molecule has 0 saturated carbocycles. The number of rotatable bonds is 10. The van der Waals surface area contributed by atoms with E-state index in [0.717, 1.165) is 30.8 Å². The summed E-state index contributed by atoms with van der Waals surface area (Å²) in [7, 11) is 0. The van der Waals surface area contributed by atoms with E-state index in [4.69, 9.17) is 31.8 Å². The smallest absolute Gasteiger partial charge is 1.00 e. The van der Waals surface area contributed by atoms with Crippen LogP contribution in [0.25, 0.3) is 0 Å². The van der Waals surface area contributed by atoms with Gasteiger partial charge in [-0.05, 0) is 67.8 Å². The van der Waals surface area contributed by atoms with Crippen molar-refractivity contribution in [3.8, 4) is 11.5 Å². The van der Waals surface area contributed by atoms with E-state index >= 15 is 0 Å². The van der Waals surface area contributed by atoms with Crippen LogP contribution in [0, 0.1) is 10.8 Å². The molecule has 2 rings (SSSR count). The van der Waals surface area contributed by atoms with Gasteiger partial charge in [-0.3, -0.25) is 10.8 Å². The van der Waals surface area contributed by atoms with E-state index in [1.165, 1.54) is 0 Å². The predicted molar refractivity (Wildman–Crippen MR) is 101 cm³/mol. The molecule has 2 aromatic carbocycles. The molecule has 0 atom stereocenters. The molecule has 0 aliphatic heterocycles. The molecule has 0 bridgehead atoms. The second kappa shape index (κ2) is 11.6. The van der Waals surface area contributed by atoms with Gasteiger partial charge in [0.05, 0.1) is 13.2 Å². The predicted octanol–water partition coefficient (Wildman–Crippen LogP) is -0.000660. The molecule has 134 valence electrons. The summed E-state index contributed by atoms with van der Waals surface area (Å²) in [6.45, 7) is 1.29. The van der Waals surface area contributed by atoms with E-state index in [1.54, 1.807) is 24.3 Å². The zero-order chi connectivity index (χ0) is 18.1. The zero-order valence-corrected chi connectivity index (χ0v) is 17.1. The van der Waals surface area contributed by atoms with Crippen molar-refractivity contribution in [2.45, 2.75) is 19.3 Å². The van der Waals surface area contributed by atoms with Crippen LogP contribution in [0.15, 0.2) is 48.5 Å². The number of nitrogens with one attached hydrogen (secondary N) is 2. The average Bonchev–Trinajstić information content (AvgIpc) is 2.61. The van der Waals surface area contributed by atoms with Crippen LogP contribution in [0.4, 0.5) is 0 Å². The molecule has 7 heteroatoms. The Bertz CT molecular complexity index is 647. The number of hydrogen-bond acceptors (Lipinski definition) is 4. The zero-order valence-electron chi connectivity index (χ0n) is 16.1. The van der Waals surface area contributed by atoms with Gasteiger partial charge in [0.1, 0.15) is 23.2 Å². The Morgan fingerprint density at radius 3 is 1.35 bits per heavy atom. The van der Waals surface area contributed by atoms with Gasteiger partial charge in [-0.25, -0.2) is 0 Å². The third kappa shape index (κ3) is 7.47. The number of hydrogen-bond donors (Lipinski definition) is 4. The van der Waals surface area contributed by atoms with Crippen molar-refractivity contribution in [3.63, 3.8) is 0 Å². The Hall–Kier alpha value is -2.02. The number of nitrogens with two attached hydrogens (primary N) is 2. The first-order valence-corrected chi connectivity index (χ1v) is 8.21. The molecule has 0 amide bonds. The van der Waals surface area contributed by atoms with Gasteiger partial charge in [-0.1, -0.05) is 0 Å². The van der Waals surface area contributed by atoms with Crippen molar-refractivity contribution < 1.29 is 40.5 Å². The van der Waals surface area contributed by atoms with Crippen LogP contribution in [-0.4, -0.2) is 24.9 Å². The number of unbranched alkanes of at least 4 members (excludes halogenated alkanes) is 2. The summed E-state index contributed by atoms with van der Waals surface area (Å²) in [5, 5.41) is 14.7. The summed E-state index contributed by atoms with van der Waals surface area (Å²) in [4.78, 5) is 0. The van der Waals surface area contributed by atoms with Gasteiger partial charge in [0, 0.05) is 11.1 Å². The van der Waals surface area contributed by atoms with Crippen molar-refractivity contribution in [3.05, 3.63) is 59.7 Å². The molecule has 2 aromatic rings. The van der Waals surface area contributed by atoms with Crippen molar-refractivity contribution in [2.24, 2.45) is 11.5 Å². The molecule has 0 unspecified atom stereocenters. The normalized spacial score (nSPS) is 9.85. The topological polar surface area (TPSA) is 118 Å². The molecule has 0 aliphatic carbocycles. The molecule has 6 nitrogen and oxygen atoms in total. The summed E-state index contributed by atoms with van der Waals surface area (Å²) < 4.78 is 11.3. The maximum atomic E-state index is 7.34. The van der Waals surface area contributed by atoms with Crippen molar-refractivity contribution >= 4 is 11.7 Å². The van der Waals surface area contributed by atoms with Crippen molar-refractivity contribution in [1.29, 1.82) is 10.8 Å². The fraction of sp³-hybridized carbons (Fsp3) is 0.263. The Morgan fingerprint density at radius 2 is 1.04 bits per heavy atom. The Morgan fingerprint density at radius 1 is 0.692 bits per heavy atom. The molecule has 0 spiro atoms. The molecule has 0 saturated heterocycles. The Balaban J connectivity index is 0.00000338. The van der Waals surface area contributed by atoms with Gasteiger partial charge < -0.3 is 22.4 Å². The van der Waals surface area contributed by atoms with Crippen molar-refractivity contribution in [1.82, 2.24) is 0 Å². The molecule has 0 aromatic heterocycles. The van der Waals surface area contributed by atoms with Crippen LogP contribution in [0.5, 0.6) is 11.5 Å². The first-order valence-electron chi connectivity index (χ1n) is 8.21. The van der Waals surface area contributed by atoms with E-state index in [2.05, 4.69) is 0 Å². The van der Waals surface area contributed by atoms with E-state index in [9.17, 15) is 0 Å². The number of amidine groups is 2. The fourth-order valence-electron chi connectivity index (χ4n) is 2.22. The van der Waals surface area contributed by atoms with Crippen LogP contribution >= 0.6 is 0 Å². The number of nitrogen functional groups attached to an aromatic ring is 2. The molecular weight excluding hydrogens is 339 g/mol. The largest absolute Gasteiger partial charge is 1.00 e. The van der Waals surface area contributed by atoms with Gasteiger partial charge in [0.2, 0.25) is 0 Å². The second-order valence-electron chi connectivity index (χ2n) is 5.63. The van der Waals surface area contributed by atoms with Gasteiger partial charge in [0.25, 0.3) is 0 Å². The first kappa shape index (κ1) is 22.0. The van der Waals surface area contributed by atoms with E-state index < -0.39 is 0 Å². The average molecular weight is 364 g/mol. The van der Waals surface area contributed by atoms with E-state index in [1.807, 2.05) is 24.3 Å². The van der Waals surface area contributed by atoms with Gasteiger partial charge in [-0.15, -0.1) is 0 Å². The Kier molecular flexibility index (Phi) is 9.80. The quantitative estimate of drug-likeness (QED) is 0.205. The van der Waals surface area contributed by atoms with Crippen LogP contribution < -0.4 is 50.5 Å². The van der Waals surface area contributed by atoms with Crippen molar-refractivity contribution in [2.75, 3.05) is 13.2 Å². The van der Waals surface area contributed by atoms with Gasteiger partial charge in [-0.2, -0.15) is 0 Å². The monoisotopic (exact) mass is 364 g/mol. The third-order valence-electron chi connectivity index (χ3n) is 3.66. The number of ether oxygens (including phenoxy) is 2. The molecule has 0 aliphatic rings. The standard InChI is InChI=1S/C19H24N4O2.Na.H/c20-18(21)14-4-8-16(9-5-14)24-12-2-1-3-13-25-17-10-6-15(7-11-17)19(22)23;;/h4-11H,1-3,12-13H2,(H3,20,21)(H3,22,23);;/q;+1;-1. The first-order chi connectivity index (χ1) is 12.1. The van der Waals surface area contributed by atoms with Gasteiger partial charge in [0.15, 0.2) is 0 Å². The molecular formula is C19H25N4NaO2. The third-order valence-corrected chi connectivity index (χ3v) is 3.66. The molecule has 26 heavy (non-hydrogen) atoms. The Labute approximate surface area is 177 Å². The molecule has 0 radical (unpaired) electrons. The summed E-state index contributed by atoms with van der Waals surface area (Å²) in [6, 6.07) is 14.4. The summed E-state index contributed by atoms with van der Waals surface area (Å²) in [6.07, 6.45) is 2.90. The van der Waals surface area contributed by atoms with Crippen LogP contribution in [0.2, 0.25) is 0 Å². The molecule has 0 fully saturated rings. The SMILES string of the molecule is N=C(N)c1ccc(OCCCCCOc2ccc(C(=N)N)cc2)cc1.[H-].[Na+]. The maximum Gasteiger partial charge on any atom is 1.00 e. The minimum absolute atomic E-state index is 0. The van der Waals surface area contributed by atoms with E-state index in [0.29, 0.717) is 24.3 Å². The minimum atomic E-state index is 0. The summed E-state index contributed by atoms with van der Waals surface area (Å²) in [5.41, 5.74) is 12.2.